The number of benzene rings is 1. The van der Waals surface area contributed by atoms with Crippen molar-refractivity contribution in [3.8, 4) is 0 Å². The van der Waals surface area contributed by atoms with Crippen LogP contribution >= 0.6 is 21.6 Å². The highest BCUT2D eigenvalue weighted by molar-refractivity contribution is 8.76. The number of carbonyl (C=O) groups is 2. The Bertz CT molecular complexity index is 1750. The maximum Gasteiger partial charge on any atom is 0.240 e. The van der Waals surface area contributed by atoms with E-state index in [1.807, 2.05) is 25.7 Å². The van der Waals surface area contributed by atoms with Gasteiger partial charge in [0.25, 0.3) is 0 Å². The number of aromatic nitrogens is 1. The first-order valence-electron chi connectivity index (χ1n) is 19.5. The van der Waals surface area contributed by atoms with E-state index in [0.717, 1.165) is 56.6 Å². The van der Waals surface area contributed by atoms with Crippen LogP contribution in [0, 0.1) is 0 Å². The lowest BCUT2D eigenvalue weighted by atomic mass is 10.0. The number of nitrogens with zero attached hydrogens (tertiary/aromatic N) is 6. The molecule has 0 radical (unpaired) electrons. The molecule has 56 heavy (non-hydrogen) atoms. The predicted octanol–water partition coefficient (Wildman–Crippen LogP) is 5.33. The summed E-state index contributed by atoms with van der Waals surface area (Å²) >= 11 is 0. The van der Waals surface area contributed by atoms with Crippen molar-refractivity contribution in [1.82, 2.24) is 19.6 Å². The summed E-state index contributed by atoms with van der Waals surface area (Å²) in [7, 11) is 14.9. The van der Waals surface area contributed by atoms with Crippen molar-refractivity contribution in [2.24, 2.45) is 18.5 Å². The van der Waals surface area contributed by atoms with Gasteiger partial charge < -0.3 is 36.0 Å². The smallest absolute Gasteiger partial charge is 0.240 e. The number of likely N-dealkylation sites (N-methyl/N-ethyl adjacent to an activating group) is 3. The van der Waals surface area contributed by atoms with Gasteiger partial charge in [-0.2, -0.15) is 0 Å². The van der Waals surface area contributed by atoms with Gasteiger partial charge in [-0.15, -0.1) is 0 Å². The second kappa shape index (κ2) is 23.1. The SMILES string of the molecule is CN1C=CC(/C=C/c2ccc(N(C)CCCN(C)C(=O)C(N)CSSCC(N)C(=O)N(C)CCCN(C)C3=CC=C(/C=C/c4cc[n+](C)cc4)CC3)cc2)=CC1. The van der Waals surface area contributed by atoms with Gasteiger partial charge in [-0.1, -0.05) is 70.2 Å². The fourth-order valence-electron chi connectivity index (χ4n) is 6.21. The van der Waals surface area contributed by atoms with E-state index in [1.165, 1.54) is 44.0 Å². The minimum Gasteiger partial charge on any atom is -0.378 e. The molecule has 2 amide bonds. The Morgan fingerprint density at radius 1 is 0.768 bits per heavy atom. The zero-order valence-corrected chi connectivity index (χ0v) is 35.9. The number of rotatable bonds is 21. The van der Waals surface area contributed by atoms with Gasteiger partial charge in [-0.25, -0.2) is 4.57 Å². The molecule has 1 aliphatic heterocycles. The van der Waals surface area contributed by atoms with Crippen LogP contribution in [0.1, 0.15) is 36.8 Å². The molecule has 2 unspecified atom stereocenters. The van der Waals surface area contributed by atoms with Gasteiger partial charge in [0.15, 0.2) is 12.4 Å². The average molecular weight is 800 g/mol. The summed E-state index contributed by atoms with van der Waals surface area (Å²) in [5.41, 5.74) is 19.9. The second-order valence-electron chi connectivity index (χ2n) is 14.8. The summed E-state index contributed by atoms with van der Waals surface area (Å²) in [6.45, 7) is 3.87. The van der Waals surface area contributed by atoms with Crippen LogP contribution in [0.5, 0.6) is 0 Å². The predicted molar refractivity (Wildman–Crippen MR) is 239 cm³/mol. The third kappa shape index (κ3) is 15.0. The molecule has 2 aromatic rings. The lowest BCUT2D eigenvalue weighted by Crippen LogP contribution is -2.44. The first-order valence-corrected chi connectivity index (χ1v) is 22.0. The summed E-state index contributed by atoms with van der Waals surface area (Å²) in [4.78, 5) is 36.0. The number of allylic oxidation sites excluding steroid dienone is 8. The Morgan fingerprint density at radius 2 is 1.34 bits per heavy atom. The molecule has 0 spiro atoms. The molecule has 1 aromatic carbocycles. The van der Waals surface area contributed by atoms with Gasteiger partial charge in [0.05, 0.1) is 12.1 Å². The van der Waals surface area contributed by atoms with Crippen LogP contribution in [0.15, 0.2) is 108 Å². The van der Waals surface area contributed by atoms with Gasteiger partial charge in [-0.3, -0.25) is 9.59 Å². The topological polar surface area (TPSA) is 106 Å². The van der Waals surface area contributed by atoms with Gasteiger partial charge in [-0.05, 0) is 78.4 Å². The van der Waals surface area contributed by atoms with E-state index in [0.29, 0.717) is 24.6 Å². The second-order valence-corrected chi connectivity index (χ2v) is 17.3. The lowest BCUT2D eigenvalue weighted by Gasteiger charge is -2.27. The van der Waals surface area contributed by atoms with E-state index in [2.05, 4.69) is 139 Å². The highest BCUT2D eigenvalue weighted by atomic mass is 33.1. The fourth-order valence-corrected chi connectivity index (χ4v) is 8.44. The molecule has 4 N–H and O–H groups in total. The Balaban J connectivity index is 1.05. The van der Waals surface area contributed by atoms with Crippen LogP contribution in [0.2, 0.25) is 0 Å². The van der Waals surface area contributed by atoms with Gasteiger partial charge in [0.1, 0.15) is 7.05 Å². The molecule has 0 bridgehead atoms. The Hall–Kier alpha value is -4.23. The number of nitrogens with two attached hydrogens (primary N) is 2. The third-order valence-corrected chi connectivity index (χ3v) is 12.5. The molecule has 2 atom stereocenters. The number of hydrogen-bond donors (Lipinski definition) is 2. The summed E-state index contributed by atoms with van der Waals surface area (Å²) in [5, 5.41) is 0. The van der Waals surface area contributed by atoms with Gasteiger partial charge >= 0.3 is 0 Å². The number of pyridine rings is 1. The highest BCUT2D eigenvalue weighted by Gasteiger charge is 2.21. The monoisotopic (exact) mass is 799 g/mol. The van der Waals surface area contributed by atoms with E-state index in [-0.39, 0.29) is 11.8 Å². The molecule has 2 aliphatic rings. The van der Waals surface area contributed by atoms with Crippen LogP contribution in [0.4, 0.5) is 5.69 Å². The molecule has 1 aliphatic carbocycles. The van der Waals surface area contributed by atoms with Crippen molar-refractivity contribution in [3.05, 3.63) is 119 Å². The fraction of sp³-hybridized carbons (Fsp3) is 0.432. The van der Waals surface area contributed by atoms with Crippen LogP contribution in [0.25, 0.3) is 12.2 Å². The molecule has 2 heterocycles. The van der Waals surface area contributed by atoms with Crippen LogP contribution in [0.3, 0.4) is 0 Å². The highest BCUT2D eigenvalue weighted by Crippen LogP contribution is 2.24. The third-order valence-electron chi connectivity index (χ3n) is 10.0. The number of hydrogen-bond acceptors (Lipinski definition) is 9. The summed E-state index contributed by atoms with van der Waals surface area (Å²) in [6.07, 6.45) is 27.3. The molecule has 0 fully saturated rings. The van der Waals surface area contributed by atoms with Gasteiger partial charge in [0.2, 0.25) is 11.8 Å². The van der Waals surface area contributed by atoms with Crippen molar-refractivity contribution in [2.45, 2.75) is 37.8 Å². The lowest BCUT2D eigenvalue weighted by molar-refractivity contribution is -0.671. The molecule has 0 saturated carbocycles. The molecule has 302 valence electrons. The van der Waals surface area contributed by atoms with E-state index in [9.17, 15) is 9.59 Å². The van der Waals surface area contributed by atoms with Crippen molar-refractivity contribution in [2.75, 3.05) is 84.4 Å². The standard InChI is InChI=1S/C44H63N8O2S2/c1-47-29-21-37(22-30-47)11-9-35-13-17-39(18-14-35)49(3)25-7-27-51(5)43(53)41(45)33-55-56-34-42(46)44(54)52(6)28-8-26-50(4)40-19-15-36(16-20-40)10-12-38-23-31-48(2)32-24-38/h9-15,17-19,21-24,29,31-32,41-42H,7-8,16,20,25-28,30,33-34,45-46H2,1-6H3/q+1/b11-9+. The molecular weight excluding hydrogens is 737 g/mol. The molecule has 1 aromatic heterocycles. The molecule has 4 rings (SSSR count). The van der Waals surface area contributed by atoms with Crippen molar-refractivity contribution < 1.29 is 14.2 Å². The molecule has 0 saturated heterocycles. The van der Waals surface area contributed by atoms with Crippen LogP contribution in [-0.2, 0) is 16.6 Å². The Kier molecular flexibility index (Phi) is 18.4. The number of amides is 2. The van der Waals surface area contributed by atoms with E-state index < -0.39 is 12.1 Å². The van der Waals surface area contributed by atoms with Crippen LogP contribution < -0.4 is 20.9 Å². The molecule has 12 heteroatoms. The maximum absolute atomic E-state index is 12.9. The van der Waals surface area contributed by atoms with Crippen molar-refractivity contribution >= 4 is 51.2 Å². The van der Waals surface area contributed by atoms with Crippen LogP contribution in [-0.4, -0.2) is 123 Å². The number of aryl methyl sites for hydroxylation is 1. The molecule has 10 nitrogen and oxygen atoms in total. The minimum atomic E-state index is -0.612. The van der Waals surface area contributed by atoms with Gasteiger partial charge in [0, 0.05) is 103 Å². The van der Waals surface area contributed by atoms with E-state index in [4.69, 9.17) is 11.5 Å². The molecular formula is C44H63N8O2S2+. The maximum atomic E-state index is 12.9. The normalized spacial score (nSPS) is 15.4. The first kappa shape index (κ1) is 44.5. The largest absolute Gasteiger partial charge is 0.378 e. The average Bonchev–Trinajstić information content (AvgIpc) is 3.21. The minimum absolute atomic E-state index is 0.0689. The van der Waals surface area contributed by atoms with E-state index >= 15 is 0 Å². The number of anilines is 1. The quantitative estimate of drug-likeness (QED) is 0.0986. The summed E-state index contributed by atoms with van der Waals surface area (Å²) < 4.78 is 2.03. The Morgan fingerprint density at radius 3 is 1.89 bits per heavy atom. The first-order chi connectivity index (χ1) is 26.9. The summed E-state index contributed by atoms with van der Waals surface area (Å²) in [5.74, 6) is 0.768. The number of carbonyl (C=O) groups excluding carboxylic acids is 2. The summed E-state index contributed by atoms with van der Waals surface area (Å²) in [6, 6.07) is 11.5. The van der Waals surface area contributed by atoms with E-state index in [1.54, 1.807) is 9.80 Å². The van der Waals surface area contributed by atoms with Crippen molar-refractivity contribution in [3.63, 3.8) is 0 Å². The van der Waals surface area contributed by atoms with Crippen molar-refractivity contribution in [1.29, 1.82) is 0 Å². The Labute approximate surface area is 343 Å². The zero-order valence-electron chi connectivity index (χ0n) is 34.2. The zero-order chi connectivity index (χ0) is 40.5.